The molecular weight excluding hydrogens is 434 g/mol. The molecule has 1 amide bonds. The van der Waals surface area contributed by atoms with Crippen molar-refractivity contribution in [2.45, 2.75) is 35.5 Å². The minimum atomic E-state index is -3.81. The summed E-state index contributed by atoms with van der Waals surface area (Å²) in [5.74, 6) is 0.820. The van der Waals surface area contributed by atoms with Gasteiger partial charge in [-0.2, -0.15) is 0 Å². The second-order valence-electron chi connectivity index (χ2n) is 7.21. The van der Waals surface area contributed by atoms with E-state index >= 15 is 0 Å². The average molecular weight is 458 g/mol. The van der Waals surface area contributed by atoms with E-state index in [4.69, 9.17) is 9.47 Å². The Kier molecular flexibility index (Phi) is 6.02. The molecule has 31 heavy (non-hydrogen) atoms. The summed E-state index contributed by atoms with van der Waals surface area (Å²) >= 11 is 1.34. The lowest BCUT2D eigenvalue weighted by atomic mass is 9.90. The number of thiophene rings is 1. The van der Waals surface area contributed by atoms with Crippen molar-refractivity contribution >= 4 is 32.8 Å². The molecule has 0 saturated heterocycles. The van der Waals surface area contributed by atoms with Gasteiger partial charge in [0.1, 0.15) is 16.4 Å². The van der Waals surface area contributed by atoms with E-state index in [1.807, 2.05) is 31.2 Å². The van der Waals surface area contributed by atoms with Gasteiger partial charge in [-0.25, -0.2) is 8.42 Å². The Morgan fingerprint density at radius 1 is 1.13 bits per heavy atom. The van der Waals surface area contributed by atoms with Crippen LogP contribution in [0.1, 0.15) is 36.1 Å². The average Bonchev–Trinajstić information content (AvgIpc) is 3.22. The summed E-state index contributed by atoms with van der Waals surface area (Å²) in [6.07, 6.45) is 1.11. The highest BCUT2D eigenvalue weighted by Crippen LogP contribution is 2.47. The van der Waals surface area contributed by atoms with Crippen LogP contribution in [-0.2, 0) is 14.6 Å². The number of ether oxygens (including phenoxy) is 2. The van der Waals surface area contributed by atoms with Crippen LogP contribution in [0, 0.1) is 0 Å². The number of carbonyl (C=O) groups excluding carboxylic acids is 1. The molecular formula is C23H23NO5S2. The fourth-order valence-electron chi connectivity index (χ4n) is 3.65. The third kappa shape index (κ3) is 4.05. The van der Waals surface area contributed by atoms with E-state index in [0.717, 1.165) is 22.6 Å². The summed E-state index contributed by atoms with van der Waals surface area (Å²) < 4.78 is 37.6. The third-order valence-corrected chi connectivity index (χ3v) is 8.21. The number of hydrogen-bond donors (Lipinski definition) is 1. The van der Waals surface area contributed by atoms with Crippen molar-refractivity contribution in [3.05, 3.63) is 64.4 Å². The molecule has 0 aliphatic carbocycles. The molecule has 1 aliphatic heterocycles. The summed E-state index contributed by atoms with van der Waals surface area (Å²) in [7, 11) is -2.28. The highest BCUT2D eigenvalue weighted by molar-refractivity contribution is 7.91. The molecule has 6 nitrogen and oxygen atoms in total. The van der Waals surface area contributed by atoms with Gasteiger partial charge >= 0.3 is 0 Å². The van der Waals surface area contributed by atoms with E-state index in [2.05, 4.69) is 5.32 Å². The number of methoxy groups -OCH3 is 1. The van der Waals surface area contributed by atoms with Crippen LogP contribution >= 0.6 is 11.3 Å². The lowest BCUT2D eigenvalue weighted by molar-refractivity contribution is -0.116. The molecule has 4 rings (SSSR count). The summed E-state index contributed by atoms with van der Waals surface area (Å²) in [5, 5.41) is 4.41. The number of rotatable bonds is 7. The number of sulfone groups is 1. The van der Waals surface area contributed by atoms with Gasteiger partial charge in [0, 0.05) is 28.2 Å². The van der Waals surface area contributed by atoms with Gasteiger partial charge in [0.2, 0.25) is 15.7 Å². The van der Waals surface area contributed by atoms with Crippen LogP contribution in [-0.4, -0.2) is 28.0 Å². The molecule has 2 aromatic carbocycles. The molecule has 2 heterocycles. The minimum Gasteiger partial charge on any atom is -0.497 e. The van der Waals surface area contributed by atoms with Gasteiger partial charge in [0.25, 0.3) is 0 Å². The molecule has 162 valence electrons. The predicted octanol–water partition coefficient (Wildman–Crippen LogP) is 4.85. The van der Waals surface area contributed by atoms with Crippen LogP contribution in [0.4, 0.5) is 5.69 Å². The van der Waals surface area contributed by atoms with Gasteiger partial charge in [0.05, 0.1) is 24.3 Å². The SMILES string of the molecule is CCCOc1ccccc1[C@@H]1CC(=O)Nc2c(S(=O)(=O)c3ccc(OC)cc3)csc21. The fraction of sp³-hybridized carbons (Fsp3) is 0.261. The van der Waals surface area contributed by atoms with E-state index in [0.29, 0.717) is 18.0 Å². The monoisotopic (exact) mass is 457 g/mol. The van der Waals surface area contributed by atoms with Crippen LogP contribution < -0.4 is 14.8 Å². The van der Waals surface area contributed by atoms with E-state index in [9.17, 15) is 13.2 Å². The van der Waals surface area contributed by atoms with Gasteiger partial charge in [-0.05, 0) is 36.8 Å². The van der Waals surface area contributed by atoms with E-state index in [1.54, 1.807) is 17.5 Å². The number of nitrogens with one attached hydrogen (secondary N) is 1. The molecule has 0 unspecified atom stereocenters. The number of para-hydroxylation sites is 1. The normalized spacial score (nSPS) is 15.8. The standard InChI is InChI=1S/C23H23NO5S2/c1-3-12-29-19-7-5-4-6-17(19)18-13-21(25)24-22-20(14-30-23(18)22)31(26,27)16-10-8-15(28-2)9-11-16/h4-11,14,18H,3,12-13H2,1-2H3,(H,24,25)/t18-/m0/s1. The molecule has 1 aromatic heterocycles. The van der Waals surface area contributed by atoms with Crippen molar-refractivity contribution in [1.82, 2.24) is 0 Å². The Morgan fingerprint density at radius 3 is 2.58 bits per heavy atom. The van der Waals surface area contributed by atoms with Gasteiger partial charge in [0.15, 0.2) is 0 Å². The van der Waals surface area contributed by atoms with E-state index in [-0.39, 0.29) is 28.0 Å². The Bertz CT molecular complexity index is 1200. The van der Waals surface area contributed by atoms with E-state index in [1.165, 1.54) is 30.6 Å². The lowest BCUT2D eigenvalue weighted by Gasteiger charge is -2.25. The number of fused-ring (bicyclic) bond motifs is 1. The first-order valence-corrected chi connectivity index (χ1v) is 12.3. The molecule has 0 fully saturated rings. The third-order valence-electron chi connectivity index (χ3n) is 5.17. The molecule has 1 aliphatic rings. The molecule has 3 aromatic rings. The van der Waals surface area contributed by atoms with Gasteiger partial charge in [-0.15, -0.1) is 11.3 Å². The number of hydrogen-bond acceptors (Lipinski definition) is 6. The van der Waals surface area contributed by atoms with Crippen molar-refractivity contribution < 1.29 is 22.7 Å². The fourth-order valence-corrected chi connectivity index (χ4v) is 6.55. The van der Waals surface area contributed by atoms with Gasteiger partial charge < -0.3 is 14.8 Å². The highest BCUT2D eigenvalue weighted by Gasteiger charge is 2.35. The molecule has 0 spiro atoms. The van der Waals surface area contributed by atoms with Crippen LogP contribution in [0.2, 0.25) is 0 Å². The molecule has 1 N–H and O–H groups in total. The number of amides is 1. The largest absolute Gasteiger partial charge is 0.497 e. The first-order valence-electron chi connectivity index (χ1n) is 9.97. The lowest BCUT2D eigenvalue weighted by Crippen LogP contribution is -2.23. The first-order chi connectivity index (χ1) is 15.0. The summed E-state index contributed by atoms with van der Waals surface area (Å²) in [5.41, 5.74) is 1.26. The number of benzene rings is 2. The maximum absolute atomic E-state index is 13.3. The quantitative estimate of drug-likeness (QED) is 0.548. The van der Waals surface area contributed by atoms with Crippen molar-refractivity contribution in [3.8, 4) is 11.5 Å². The van der Waals surface area contributed by atoms with Crippen molar-refractivity contribution in [1.29, 1.82) is 0 Å². The van der Waals surface area contributed by atoms with Crippen LogP contribution in [0.5, 0.6) is 11.5 Å². The first kappa shape index (κ1) is 21.4. The summed E-state index contributed by atoms with van der Waals surface area (Å²) in [6, 6.07) is 13.9. The Morgan fingerprint density at radius 2 is 1.87 bits per heavy atom. The second kappa shape index (κ2) is 8.72. The predicted molar refractivity (Wildman–Crippen MR) is 120 cm³/mol. The van der Waals surface area contributed by atoms with Crippen molar-refractivity contribution in [2.24, 2.45) is 0 Å². The molecule has 0 radical (unpaired) electrons. The zero-order valence-electron chi connectivity index (χ0n) is 17.3. The van der Waals surface area contributed by atoms with E-state index < -0.39 is 9.84 Å². The van der Waals surface area contributed by atoms with Crippen molar-refractivity contribution in [3.63, 3.8) is 0 Å². The highest BCUT2D eigenvalue weighted by atomic mass is 32.2. The molecule has 8 heteroatoms. The van der Waals surface area contributed by atoms with Crippen molar-refractivity contribution in [2.75, 3.05) is 19.0 Å². The minimum absolute atomic E-state index is 0.114. The Balaban J connectivity index is 1.77. The molecule has 1 atom stereocenters. The van der Waals surface area contributed by atoms with Crippen LogP contribution in [0.15, 0.2) is 63.7 Å². The molecule has 0 saturated carbocycles. The summed E-state index contributed by atoms with van der Waals surface area (Å²) in [6.45, 7) is 2.61. The summed E-state index contributed by atoms with van der Waals surface area (Å²) in [4.78, 5) is 13.7. The number of anilines is 1. The van der Waals surface area contributed by atoms with Gasteiger partial charge in [-0.3, -0.25) is 4.79 Å². The second-order valence-corrected chi connectivity index (χ2v) is 10.0. The maximum atomic E-state index is 13.3. The Hall–Kier alpha value is -2.84. The maximum Gasteiger partial charge on any atom is 0.225 e. The van der Waals surface area contributed by atoms with Gasteiger partial charge in [-0.1, -0.05) is 25.1 Å². The number of carbonyl (C=O) groups is 1. The van der Waals surface area contributed by atoms with Crippen LogP contribution in [0.3, 0.4) is 0 Å². The smallest absolute Gasteiger partial charge is 0.225 e. The molecule has 0 bridgehead atoms. The topological polar surface area (TPSA) is 81.7 Å². The van der Waals surface area contributed by atoms with Crippen LogP contribution in [0.25, 0.3) is 0 Å². The zero-order valence-corrected chi connectivity index (χ0v) is 18.9. The zero-order chi connectivity index (χ0) is 22.0. The Labute approximate surface area is 185 Å².